The molecule has 0 bridgehead atoms. The van der Waals surface area contributed by atoms with Crippen molar-refractivity contribution in [3.8, 4) is 0 Å². The molecule has 0 radical (unpaired) electrons. The highest BCUT2D eigenvalue weighted by molar-refractivity contribution is 5.46. The molecule has 0 amide bonds. The lowest BCUT2D eigenvalue weighted by atomic mass is 9.80. The van der Waals surface area contributed by atoms with Gasteiger partial charge in [0.05, 0.1) is 12.1 Å². The summed E-state index contributed by atoms with van der Waals surface area (Å²) in [5, 5.41) is 9.48. The van der Waals surface area contributed by atoms with E-state index in [9.17, 15) is 9.90 Å². The smallest absolute Gasteiger partial charge is 0.235 e. The molecule has 3 heteroatoms. The summed E-state index contributed by atoms with van der Waals surface area (Å²) < 4.78 is 0. The molecule has 1 aromatic carbocycles. The summed E-state index contributed by atoms with van der Waals surface area (Å²) in [5.74, 6) is 0. The van der Waals surface area contributed by atoms with Crippen LogP contribution in [0.3, 0.4) is 0 Å². The molecule has 1 saturated carbocycles. The standard InChI is InChI=1S/C14H17NO2/c1-13(2,9-16)11-5-3-4-6-12(11)14(7-8-14)15-10-17/h3-6,16H,7-9H2,1-2H3. The van der Waals surface area contributed by atoms with Crippen molar-refractivity contribution in [2.75, 3.05) is 6.61 Å². The molecular weight excluding hydrogens is 214 g/mol. The number of hydrogen-bond donors (Lipinski definition) is 1. The van der Waals surface area contributed by atoms with Crippen LogP contribution in [-0.4, -0.2) is 17.8 Å². The molecule has 17 heavy (non-hydrogen) atoms. The summed E-state index contributed by atoms with van der Waals surface area (Å²) in [5.41, 5.74) is 1.44. The minimum atomic E-state index is -0.370. The fourth-order valence-electron chi connectivity index (χ4n) is 2.21. The largest absolute Gasteiger partial charge is 0.395 e. The van der Waals surface area contributed by atoms with E-state index < -0.39 is 0 Å². The molecule has 0 spiro atoms. The molecule has 3 nitrogen and oxygen atoms in total. The van der Waals surface area contributed by atoms with E-state index in [1.54, 1.807) is 6.08 Å². The van der Waals surface area contributed by atoms with Gasteiger partial charge in [0.1, 0.15) is 0 Å². The van der Waals surface area contributed by atoms with Crippen molar-refractivity contribution in [3.63, 3.8) is 0 Å². The average molecular weight is 231 g/mol. The molecule has 0 saturated heterocycles. The van der Waals surface area contributed by atoms with Gasteiger partial charge in [0.2, 0.25) is 6.08 Å². The number of isocyanates is 1. The normalized spacial score (nSPS) is 17.4. The zero-order valence-electron chi connectivity index (χ0n) is 10.2. The first-order valence-electron chi connectivity index (χ1n) is 5.86. The van der Waals surface area contributed by atoms with Crippen LogP contribution in [0.1, 0.15) is 37.8 Å². The van der Waals surface area contributed by atoms with E-state index in [4.69, 9.17) is 0 Å². The molecule has 0 heterocycles. The molecule has 1 N–H and O–H groups in total. The van der Waals surface area contributed by atoms with Crippen LogP contribution < -0.4 is 0 Å². The lowest BCUT2D eigenvalue weighted by Gasteiger charge is -2.27. The topological polar surface area (TPSA) is 49.7 Å². The van der Waals surface area contributed by atoms with E-state index in [-0.39, 0.29) is 17.6 Å². The summed E-state index contributed by atoms with van der Waals surface area (Å²) in [6.07, 6.45) is 3.46. The van der Waals surface area contributed by atoms with Gasteiger partial charge in [0, 0.05) is 5.41 Å². The molecule has 1 aromatic rings. The van der Waals surface area contributed by atoms with Crippen molar-refractivity contribution in [3.05, 3.63) is 35.4 Å². The maximum absolute atomic E-state index is 10.5. The third-order valence-electron chi connectivity index (χ3n) is 3.54. The first-order chi connectivity index (χ1) is 8.06. The number of aliphatic hydroxyl groups is 1. The predicted octanol–water partition coefficient (Wildman–Crippen LogP) is 2.28. The lowest BCUT2D eigenvalue weighted by molar-refractivity contribution is 0.217. The molecule has 0 aromatic heterocycles. The van der Waals surface area contributed by atoms with Gasteiger partial charge in [0.15, 0.2) is 0 Å². The molecular formula is C14H17NO2. The summed E-state index contributed by atoms with van der Waals surface area (Å²) >= 11 is 0. The molecule has 0 aliphatic heterocycles. The number of aliphatic imine (C=N–C) groups is 1. The number of carbonyl (C=O) groups excluding carboxylic acids is 1. The Hall–Kier alpha value is -1.44. The quantitative estimate of drug-likeness (QED) is 0.638. The van der Waals surface area contributed by atoms with Gasteiger partial charge in [-0.1, -0.05) is 38.1 Å². The molecule has 1 aliphatic carbocycles. The van der Waals surface area contributed by atoms with Crippen molar-refractivity contribution in [2.45, 2.75) is 37.6 Å². The maximum Gasteiger partial charge on any atom is 0.235 e. The van der Waals surface area contributed by atoms with Crippen LogP contribution in [0.15, 0.2) is 29.3 Å². The van der Waals surface area contributed by atoms with Crippen LogP contribution in [0.25, 0.3) is 0 Å². The Morgan fingerprint density at radius 1 is 1.41 bits per heavy atom. The number of nitrogens with zero attached hydrogens (tertiary/aromatic N) is 1. The Balaban J connectivity index is 2.52. The molecule has 0 atom stereocenters. The van der Waals surface area contributed by atoms with Crippen LogP contribution in [0, 0.1) is 0 Å². The first kappa shape index (κ1) is 12.0. The second kappa shape index (κ2) is 4.10. The molecule has 2 rings (SSSR count). The Bertz CT molecular complexity index is 469. The number of benzene rings is 1. The third kappa shape index (κ3) is 2.04. The Morgan fingerprint density at radius 3 is 2.59 bits per heavy atom. The summed E-state index contributed by atoms with van der Waals surface area (Å²) in [7, 11) is 0. The van der Waals surface area contributed by atoms with Gasteiger partial charge >= 0.3 is 0 Å². The van der Waals surface area contributed by atoms with Gasteiger partial charge in [0.25, 0.3) is 0 Å². The van der Waals surface area contributed by atoms with Crippen LogP contribution in [-0.2, 0) is 15.7 Å². The minimum Gasteiger partial charge on any atom is -0.395 e. The van der Waals surface area contributed by atoms with Crippen molar-refractivity contribution >= 4 is 6.08 Å². The maximum atomic E-state index is 10.5. The van der Waals surface area contributed by atoms with Gasteiger partial charge in [-0.15, -0.1) is 0 Å². The van der Waals surface area contributed by atoms with Crippen LogP contribution in [0.5, 0.6) is 0 Å². The minimum absolute atomic E-state index is 0.0743. The van der Waals surface area contributed by atoms with E-state index in [0.717, 1.165) is 24.0 Å². The van der Waals surface area contributed by atoms with Crippen LogP contribution >= 0.6 is 0 Å². The number of hydrogen-bond acceptors (Lipinski definition) is 3. The van der Waals surface area contributed by atoms with E-state index in [1.807, 2.05) is 38.1 Å². The highest BCUT2D eigenvalue weighted by atomic mass is 16.3. The second-order valence-electron chi connectivity index (χ2n) is 5.32. The summed E-state index contributed by atoms with van der Waals surface area (Å²) in [6.45, 7) is 4.06. The van der Waals surface area contributed by atoms with Crippen molar-refractivity contribution in [2.24, 2.45) is 4.99 Å². The fraction of sp³-hybridized carbons (Fsp3) is 0.500. The Kier molecular flexibility index (Phi) is 2.90. The second-order valence-corrected chi connectivity index (χ2v) is 5.32. The van der Waals surface area contributed by atoms with Crippen LogP contribution in [0.2, 0.25) is 0 Å². The highest BCUT2D eigenvalue weighted by Gasteiger charge is 2.47. The number of aliphatic hydroxyl groups excluding tert-OH is 1. The predicted molar refractivity (Wildman–Crippen MR) is 65.6 cm³/mol. The van der Waals surface area contributed by atoms with Crippen LogP contribution in [0.4, 0.5) is 0 Å². The Labute approximate surface area is 101 Å². The van der Waals surface area contributed by atoms with E-state index in [1.165, 1.54) is 0 Å². The molecule has 0 unspecified atom stereocenters. The summed E-state index contributed by atoms with van der Waals surface area (Å²) in [4.78, 5) is 14.5. The van der Waals surface area contributed by atoms with E-state index in [2.05, 4.69) is 4.99 Å². The summed E-state index contributed by atoms with van der Waals surface area (Å²) in [6, 6.07) is 7.91. The monoisotopic (exact) mass is 231 g/mol. The van der Waals surface area contributed by atoms with Crippen molar-refractivity contribution in [1.29, 1.82) is 0 Å². The average Bonchev–Trinajstić information content (AvgIpc) is 3.11. The van der Waals surface area contributed by atoms with Crippen molar-refractivity contribution in [1.82, 2.24) is 0 Å². The van der Waals surface area contributed by atoms with Gasteiger partial charge in [-0.3, -0.25) is 0 Å². The lowest BCUT2D eigenvalue weighted by Crippen LogP contribution is -2.25. The first-order valence-corrected chi connectivity index (χ1v) is 5.86. The molecule has 1 aliphatic rings. The SMILES string of the molecule is CC(C)(CO)c1ccccc1C1(N=C=O)CC1. The van der Waals surface area contributed by atoms with E-state index in [0.29, 0.717) is 0 Å². The fourth-order valence-corrected chi connectivity index (χ4v) is 2.21. The number of rotatable bonds is 4. The van der Waals surface area contributed by atoms with Gasteiger partial charge < -0.3 is 5.11 Å². The van der Waals surface area contributed by atoms with Crippen molar-refractivity contribution < 1.29 is 9.90 Å². The highest BCUT2D eigenvalue weighted by Crippen LogP contribution is 2.51. The third-order valence-corrected chi connectivity index (χ3v) is 3.54. The zero-order chi connectivity index (χ0) is 12.5. The zero-order valence-corrected chi connectivity index (χ0v) is 10.2. The van der Waals surface area contributed by atoms with Gasteiger partial charge in [-0.05, 0) is 24.0 Å². The van der Waals surface area contributed by atoms with Gasteiger partial charge in [-0.2, -0.15) is 4.99 Å². The van der Waals surface area contributed by atoms with E-state index >= 15 is 0 Å². The molecule has 1 fully saturated rings. The Morgan fingerprint density at radius 2 is 2.06 bits per heavy atom. The molecule has 90 valence electrons. The van der Waals surface area contributed by atoms with Gasteiger partial charge in [-0.25, -0.2) is 4.79 Å².